The molecular weight excluding hydrogens is 333 g/mol. The molecule has 0 heterocycles. The maximum atomic E-state index is 13.2. The van der Waals surface area contributed by atoms with E-state index in [1.165, 1.54) is 11.6 Å². The van der Waals surface area contributed by atoms with Gasteiger partial charge in [0.25, 0.3) is 0 Å². The van der Waals surface area contributed by atoms with Crippen LogP contribution in [0.2, 0.25) is 0 Å². The quantitative estimate of drug-likeness (QED) is 0.868. The van der Waals surface area contributed by atoms with Crippen LogP contribution in [-0.2, 0) is 13.0 Å². The highest BCUT2D eigenvalue weighted by Crippen LogP contribution is 2.23. The number of rotatable bonds is 5. The van der Waals surface area contributed by atoms with E-state index in [-0.39, 0.29) is 11.9 Å². The van der Waals surface area contributed by atoms with Crippen molar-refractivity contribution in [1.82, 2.24) is 0 Å². The number of hydrogen-bond acceptors (Lipinski definition) is 2. The minimum atomic E-state index is -0.272. The molecule has 2 aromatic carbocycles. The molecule has 2 aromatic rings. The van der Waals surface area contributed by atoms with Gasteiger partial charge in [0.2, 0.25) is 0 Å². The summed E-state index contributed by atoms with van der Waals surface area (Å²) in [4.78, 5) is 0. The topological polar surface area (TPSA) is 35.2 Å². The van der Waals surface area contributed by atoms with Crippen molar-refractivity contribution in [1.29, 1.82) is 0 Å². The van der Waals surface area contributed by atoms with Crippen LogP contribution >= 0.6 is 15.9 Å². The maximum Gasteiger partial charge on any atom is 0.137 e. The first-order chi connectivity index (χ1) is 9.95. The van der Waals surface area contributed by atoms with Gasteiger partial charge in [0.1, 0.15) is 18.2 Å². The van der Waals surface area contributed by atoms with E-state index in [0.29, 0.717) is 11.1 Å². The van der Waals surface area contributed by atoms with E-state index in [1.807, 2.05) is 26.0 Å². The van der Waals surface area contributed by atoms with Crippen LogP contribution in [0.25, 0.3) is 0 Å². The summed E-state index contributed by atoms with van der Waals surface area (Å²) in [5.41, 5.74) is 9.08. The van der Waals surface area contributed by atoms with Crippen LogP contribution in [-0.4, -0.2) is 6.04 Å². The van der Waals surface area contributed by atoms with Crippen LogP contribution in [0.5, 0.6) is 5.75 Å². The number of aryl methyl sites for hydroxylation is 1. The predicted octanol–water partition coefficient (Wildman–Crippen LogP) is 4.37. The zero-order valence-corrected chi connectivity index (χ0v) is 13.8. The van der Waals surface area contributed by atoms with E-state index in [4.69, 9.17) is 10.5 Å². The minimum absolute atomic E-state index is 0.0779. The van der Waals surface area contributed by atoms with Crippen molar-refractivity contribution in [3.05, 3.63) is 63.4 Å². The number of benzene rings is 2. The van der Waals surface area contributed by atoms with Gasteiger partial charge in [0, 0.05) is 6.04 Å². The molecule has 0 fully saturated rings. The van der Waals surface area contributed by atoms with Crippen LogP contribution < -0.4 is 10.5 Å². The fourth-order valence-electron chi connectivity index (χ4n) is 2.15. The molecule has 1 unspecified atom stereocenters. The van der Waals surface area contributed by atoms with Crippen LogP contribution in [0.1, 0.15) is 23.6 Å². The minimum Gasteiger partial charge on any atom is -0.489 e. The lowest BCUT2D eigenvalue weighted by molar-refractivity contribution is 0.302. The molecule has 2 rings (SSSR count). The van der Waals surface area contributed by atoms with E-state index in [0.717, 1.165) is 23.3 Å². The second-order valence-electron chi connectivity index (χ2n) is 5.33. The molecular formula is C17H19BrFNO. The lowest BCUT2D eigenvalue weighted by Crippen LogP contribution is -2.18. The van der Waals surface area contributed by atoms with Gasteiger partial charge in [-0.15, -0.1) is 0 Å². The normalized spacial score (nSPS) is 12.2. The summed E-state index contributed by atoms with van der Waals surface area (Å²) in [5, 5.41) is 0. The van der Waals surface area contributed by atoms with Gasteiger partial charge in [-0.05, 0) is 65.5 Å². The van der Waals surface area contributed by atoms with Gasteiger partial charge in [-0.2, -0.15) is 0 Å². The Bertz CT molecular complexity index is 628. The van der Waals surface area contributed by atoms with Gasteiger partial charge in [-0.1, -0.05) is 23.8 Å². The van der Waals surface area contributed by atoms with E-state index in [9.17, 15) is 4.39 Å². The standard InChI is InChI=1S/C17H19BrFNO/c1-11-3-6-17(14(7-11)8-12(2)20)21-10-13-4-5-16(19)15(18)9-13/h3-7,9,12H,8,10,20H2,1-2H3. The van der Waals surface area contributed by atoms with Crippen LogP contribution in [0.3, 0.4) is 0 Å². The molecule has 0 aliphatic rings. The highest BCUT2D eigenvalue weighted by molar-refractivity contribution is 9.10. The van der Waals surface area contributed by atoms with Gasteiger partial charge < -0.3 is 10.5 Å². The third kappa shape index (κ3) is 4.55. The summed E-state index contributed by atoms with van der Waals surface area (Å²) in [6.45, 7) is 4.42. The van der Waals surface area contributed by atoms with Crippen molar-refractivity contribution in [2.75, 3.05) is 0 Å². The second-order valence-corrected chi connectivity index (χ2v) is 6.18. The molecule has 0 saturated carbocycles. The Morgan fingerprint density at radius 3 is 2.67 bits per heavy atom. The van der Waals surface area contributed by atoms with Crippen molar-refractivity contribution < 1.29 is 9.13 Å². The Hall–Kier alpha value is -1.39. The Morgan fingerprint density at radius 1 is 1.24 bits per heavy atom. The lowest BCUT2D eigenvalue weighted by atomic mass is 10.0. The smallest absolute Gasteiger partial charge is 0.137 e. The number of nitrogens with two attached hydrogens (primary N) is 1. The van der Waals surface area contributed by atoms with Gasteiger partial charge in [0.15, 0.2) is 0 Å². The maximum absolute atomic E-state index is 13.2. The Kier molecular flexibility index (Phi) is 5.37. The molecule has 0 spiro atoms. The summed E-state index contributed by atoms with van der Waals surface area (Å²) in [5.74, 6) is 0.560. The number of ether oxygens (including phenoxy) is 1. The Morgan fingerprint density at radius 2 is 2.00 bits per heavy atom. The SMILES string of the molecule is Cc1ccc(OCc2ccc(F)c(Br)c2)c(CC(C)N)c1. The van der Waals surface area contributed by atoms with Crippen molar-refractivity contribution in [3.63, 3.8) is 0 Å². The van der Waals surface area contributed by atoms with Gasteiger partial charge in [-0.3, -0.25) is 0 Å². The van der Waals surface area contributed by atoms with Crippen molar-refractivity contribution in [3.8, 4) is 5.75 Å². The molecule has 1 atom stereocenters. The molecule has 0 amide bonds. The largest absolute Gasteiger partial charge is 0.489 e. The van der Waals surface area contributed by atoms with Gasteiger partial charge in [0.05, 0.1) is 4.47 Å². The highest BCUT2D eigenvalue weighted by atomic mass is 79.9. The zero-order chi connectivity index (χ0) is 15.4. The molecule has 0 bridgehead atoms. The third-order valence-electron chi connectivity index (χ3n) is 3.14. The predicted molar refractivity (Wildman–Crippen MR) is 87.0 cm³/mol. The van der Waals surface area contributed by atoms with Crippen LogP contribution in [0.15, 0.2) is 40.9 Å². The molecule has 0 radical (unpaired) electrons. The van der Waals surface area contributed by atoms with Crippen LogP contribution in [0.4, 0.5) is 4.39 Å². The Balaban J connectivity index is 2.13. The molecule has 0 saturated heterocycles. The van der Waals surface area contributed by atoms with Gasteiger partial charge in [-0.25, -0.2) is 4.39 Å². The molecule has 0 aliphatic heterocycles. The monoisotopic (exact) mass is 351 g/mol. The second kappa shape index (κ2) is 7.05. The van der Waals surface area contributed by atoms with E-state index < -0.39 is 0 Å². The van der Waals surface area contributed by atoms with E-state index in [2.05, 4.69) is 22.0 Å². The number of halogens is 2. The molecule has 2 N–H and O–H groups in total. The summed E-state index contributed by atoms with van der Waals surface area (Å²) < 4.78 is 19.5. The summed E-state index contributed by atoms with van der Waals surface area (Å²) in [7, 11) is 0. The first-order valence-corrected chi connectivity index (χ1v) is 7.67. The summed E-state index contributed by atoms with van der Waals surface area (Å²) in [6.07, 6.45) is 0.768. The molecule has 0 aliphatic carbocycles. The van der Waals surface area contributed by atoms with Crippen molar-refractivity contribution in [2.45, 2.75) is 32.9 Å². The fourth-order valence-corrected chi connectivity index (χ4v) is 2.57. The molecule has 0 aromatic heterocycles. The van der Waals surface area contributed by atoms with Crippen molar-refractivity contribution in [2.24, 2.45) is 5.73 Å². The third-order valence-corrected chi connectivity index (χ3v) is 3.74. The molecule has 4 heteroatoms. The van der Waals surface area contributed by atoms with E-state index >= 15 is 0 Å². The first-order valence-electron chi connectivity index (χ1n) is 6.87. The Labute approximate surface area is 133 Å². The van der Waals surface area contributed by atoms with Crippen molar-refractivity contribution >= 4 is 15.9 Å². The number of hydrogen-bond donors (Lipinski definition) is 1. The van der Waals surface area contributed by atoms with Crippen LogP contribution in [0, 0.1) is 12.7 Å². The first kappa shape index (κ1) is 16.0. The molecule has 112 valence electrons. The van der Waals surface area contributed by atoms with Gasteiger partial charge >= 0.3 is 0 Å². The fraction of sp³-hybridized carbons (Fsp3) is 0.294. The average Bonchev–Trinajstić information content (AvgIpc) is 2.41. The lowest BCUT2D eigenvalue weighted by Gasteiger charge is -2.14. The summed E-state index contributed by atoms with van der Waals surface area (Å²) in [6, 6.07) is 11.0. The van der Waals surface area contributed by atoms with E-state index in [1.54, 1.807) is 12.1 Å². The molecule has 21 heavy (non-hydrogen) atoms. The highest BCUT2D eigenvalue weighted by Gasteiger charge is 2.08. The zero-order valence-electron chi connectivity index (χ0n) is 12.2. The average molecular weight is 352 g/mol. The molecule has 2 nitrogen and oxygen atoms in total. The summed E-state index contributed by atoms with van der Waals surface area (Å²) >= 11 is 3.18.